The molecule has 0 aliphatic heterocycles. The van der Waals surface area contributed by atoms with Gasteiger partial charge in [0.2, 0.25) is 0 Å². The molecule has 0 aromatic carbocycles. The van der Waals surface area contributed by atoms with Gasteiger partial charge in [-0.3, -0.25) is 4.68 Å². The first-order valence-corrected chi connectivity index (χ1v) is 8.10. The molecule has 0 spiro atoms. The number of hydrogen-bond donors (Lipinski definition) is 1. The lowest BCUT2D eigenvalue weighted by Crippen LogP contribution is -2.30. The molecule has 110 valence electrons. The third-order valence-corrected chi connectivity index (χ3v) is 4.87. The van der Waals surface area contributed by atoms with E-state index in [2.05, 4.69) is 65.6 Å². The van der Waals surface area contributed by atoms with Crippen LogP contribution in [0, 0.1) is 24.7 Å². The summed E-state index contributed by atoms with van der Waals surface area (Å²) in [5.41, 5.74) is 2.33. The average Bonchev–Trinajstić information content (AvgIpc) is 2.60. The minimum atomic E-state index is 0.716. The Bertz CT molecular complexity index is 388. The molecule has 0 saturated carbocycles. The smallest absolute Gasteiger partial charge is 0.0739 e. The SMILES string of the molecule is CCn1nc(C)c(Br)c1CNCC(C(C)C)C(C)C. The van der Waals surface area contributed by atoms with Crippen LogP contribution in [0.3, 0.4) is 0 Å². The largest absolute Gasteiger partial charge is 0.311 e. The van der Waals surface area contributed by atoms with Crippen molar-refractivity contribution in [2.45, 2.75) is 54.6 Å². The second-order valence-electron chi connectivity index (χ2n) is 5.94. The van der Waals surface area contributed by atoms with Crippen molar-refractivity contribution < 1.29 is 0 Å². The summed E-state index contributed by atoms with van der Waals surface area (Å²) >= 11 is 3.64. The van der Waals surface area contributed by atoms with Crippen molar-refractivity contribution in [1.82, 2.24) is 15.1 Å². The second-order valence-corrected chi connectivity index (χ2v) is 6.74. The molecule has 1 rings (SSSR count). The van der Waals surface area contributed by atoms with Crippen LogP contribution in [0.2, 0.25) is 0 Å². The molecule has 1 aromatic heterocycles. The molecule has 0 unspecified atom stereocenters. The third-order valence-electron chi connectivity index (χ3n) is 3.84. The van der Waals surface area contributed by atoms with Crippen LogP contribution >= 0.6 is 15.9 Å². The molecule has 1 heterocycles. The van der Waals surface area contributed by atoms with E-state index >= 15 is 0 Å². The number of nitrogens with zero attached hydrogens (tertiary/aromatic N) is 2. The van der Waals surface area contributed by atoms with Crippen molar-refractivity contribution >= 4 is 15.9 Å². The Hall–Kier alpha value is -0.350. The van der Waals surface area contributed by atoms with E-state index in [0.717, 1.165) is 35.7 Å². The molecule has 0 amide bonds. The van der Waals surface area contributed by atoms with Crippen LogP contribution in [0.15, 0.2) is 4.47 Å². The molecule has 0 radical (unpaired) electrons. The van der Waals surface area contributed by atoms with Crippen LogP contribution in [0.25, 0.3) is 0 Å². The Morgan fingerprint density at radius 1 is 1.21 bits per heavy atom. The summed E-state index contributed by atoms with van der Waals surface area (Å²) < 4.78 is 3.22. The Labute approximate surface area is 126 Å². The lowest BCUT2D eigenvalue weighted by Gasteiger charge is -2.25. The molecule has 4 heteroatoms. The fraction of sp³-hybridized carbons (Fsp3) is 0.800. The quantitative estimate of drug-likeness (QED) is 0.819. The number of nitrogens with one attached hydrogen (secondary N) is 1. The number of aromatic nitrogens is 2. The van der Waals surface area contributed by atoms with Crippen LogP contribution in [0.4, 0.5) is 0 Å². The van der Waals surface area contributed by atoms with Crippen molar-refractivity contribution in [2.24, 2.45) is 17.8 Å². The molecule has 1 N–H and O–H groups in total. The summed E-state index contributed by atoms with van der Waals surface area (Å²) in [5.74, 6) is 2.15. The Morgan fingerprint density at radius 2 is 1.79 bits per heavy atom. The highest BCUT2D eigenvalue weighted by Crippen LogP contribution is 2.22. The van der Waals surface area contributed by atoms with E-state index in [1.807, 2.05) is 6.92 Å². The van der Waals surface area contributed by atoms with Crippen molar-refractivity contribution in [3.05, 3.63) is 15.9 Å². The van der Waals surface area contributed by atoms with Gasteiger partial charge < -0.3 is 5.32 Å². The topological polar surface area (TPSA) is 29.9 Å². The highest BCUT2D eigenvalue weighted by Gasteiger charge is 2.18. The summed E-state index contributed by atoms with van der Waals surface area (Å²) in [4.78, 5) is 0. The maximum absolute atomic E-state index is 4.53. The normalized spacial score (nSPS) is 12.1. The van der Waals surface area contributed by atoms with E-state index in [1.54, 1.807) is 0 Å². The van der Waals surface area contributed by atoms with Gasteiger partial charge in [0.05, 0.1) is 15.9 Å². The number of hydrogen-bond acceptors (Lipinski definition) is 2. The predicted molar refractivity (Wildman–Crippen MR) is 85.2 cm³/mol. The van der Waals surface area contributed by atoms with Crippen LogP contribution in [-0.2, 0) is 13.1 Å². The first-order chi connectivity index (χ1) is 8.88. The summed E-state index contributed by atoms with van der Waals surface area (Å²) in [6.07, 6.45) is 0. The van der Waals surface area contributed by atoms with Gasteiger partial charge in [-0.2, -0.15) is 5.10 Å². The highest BCUT2D eigenvalue weighted by molar-refractivity contribution is 9.10. The molecule has 0 atom stereocenters. The van der Waals surface area contributed by atoms with Crippen molar-refractivity contribution in [3.8, 4) is 0 Å². The average molecular weight is 330 g/mol. The standard InChI is InChI=1S/C15H28BrN3/c1-7-19-14(15(16)12(6)18-19)9-17-8-13(10(2)3)11(4)5/h10-11,13,17H,7-9H2,1-6H3. The summed E-state index contributed by atoms with van der Waals surface area (Å²) in [6, 6.07) is 0. The van der Waals surface area contributed by atoms with Crippen LogP contribution < -0.4 is 5.32 Å². The zero-order valence-electron chi connectivity index (χ0n) is 13.1. The lowest BCUT2D eigenvalue weighted by molar-refractivity contribution is 0.274. The van der Waals surface area contributed by atoms with E-state index in [9.17, 15) is 0 Å². The van der Waals surface area contributed by atoms with E-state index < -0.39 is 0 Å². The molecule has 0 aliphatic rings. The van der Waals surface area contributed by atoms with Crippen molar-refractivity contribution in [2.75, 3.05) is 6.54 Å². The van der Waals surface area contributed by atoms with Gasteiger partial charge in [0.25, 0.3) is 0 Å². The Kier molecular flexibility index (Phi) is 6.54. The van der Waals surface area contributed by atoms with Gasteiger partial charge in [-0.1, -0.05) is 27.7 Å². The van der Waals surface area contributed by atoms with Crippen LogP contribution in [0.5, 0.6) is 0 Å². The van der Waals surface area contributed by atoms with Gasteiger partial charge in [0, 0.05) is 13.1 Å². The first-order valence-electron chi connectivity index (χ1n) is 7.30. The van der Waals surface area contributed by atoms with E-state index in [-0.39, 0.29) is 0 Å². The second kappa shape index (κ2) is 7.44. The van der Waals surface area contributed by atoms with Crippen LogP contribution in [-0.4, -0.2) is 16.3 Å². The minimum absolute atomic E-state index is 0.716. The van der Waals surface area contributed by atoms with Gasteiger partial charge in [0.15, 0.2) is 0 Å². The highest BCUT2D eigenvalue weighted by atomic mass is 79.9. The van der Waals surface area contributed by atoms with Gasteiger partial charge in [-0.05, 0) is 54.1 Å². The molecular formula is C15H28BrN3. The van der Waals surface area contributed by atoms with E-state index in [4.69, 9.17) is 0 Å². The molecule has 1 aromatic rings. The molecule has 0 bridgehead atoms. The maximum atomic E-state index is 4.53. The summed E-state index contributed by atoms with van der Waals surface area (Å²) in [7, 11) is 0. The first kappa shape index (κ1) is 16.7. The molecule has 0 saturated heterocycles. The Morgan fingerprint density at radius 3 is 2.26 bits per heavy atom. The molecule has 19 heavy (non-hydrogen) atoms. The van der Waals surface area contributed by atoms with Crippen LogP contribution in [0.1, 0.15) is 46.0 Å². The molecule has 0 aliphatic carbocycles. The fourth-order valence-electron chi connectivity index (χ4n) is 2.64. The third kappa shape index (κ3) is 4.32. The number of aryl methyl sites for hydroxylation is 2. The summed E-state index contributed by atoms with van der Waals surface area (Å²) in [6.45, 7) is 16.3. The number of halogens is 1. The molecule has 0 fully saturated rings. The minimum Gasteiger partial charge on any atom is -0.311 e. The summed E-state index contributed by atoms with van der Waals surface area (Å²) in [5, 5.41) is 8.13. The maximum Gasteiger partial charge on any atom is 0.0739 e. The Balaban J connectivity index is 2.62. The fourth-order valence-corrected chi connectivity index (χ4v) is 3.06. The monoisotopic (exact) mass is 329 g/mol. The molecule has 3 nitrogen and oxygen atoms in total. The van der Waals surface area contributed by atoms with E-state index in [1.165, 1.54) is 5.69 Å². The van der Waals surface area contributed by atoms with Gasteiger partial charge in [-0.15, -0.1) is 0 Å². The van der Waals surface area contributed by atoms with Gasteiger partial charge >= 0.3 is 0 Å². The lowest BCUT2D eigenvalue weighted by atomic mass is 9.85. The van der Waals surface area contributed by atoms with E-state index in [0.29, 0.717) is 11.8 Å². The molecular weight excluding hydrogens is 302 g/mol. The predicted octanol–water partition coefficient (Wildman–Crippen LogP) is 3.99. The number of rotatable bonds is 7. The zero-order chi connectivity index (χ0) is 14.6. The zero-order valence-corrected chi connectivity index (χ0v) is 14.7. The van der Waals surface area contributed by atoms with Crippen molar-refractivity contribution in [3.63, 3.8) is 0 Å². The van der Waals surface area contributed by atoms with Gasteiger partial charge in [-0.25, -0.2) is 0 Å². The van der Waals surface area contributed by atoms with Crippen molar-refractivity contribution in [1.29, 1.82) is 0 Å². The van der Waals surface area contributed by atoms with Gasteiger partial charge in [0.1, 0.15) is 0 Å².